The normalized spacial score (nSPS) is 20.7. The van der Waals surface area contributed by atoms with E-state index in [0.717, 1.165) is 37.3 Å². The molecule has 5 heteroatoms. The Morgan fingerprint density at radius 3 is 2.44 bits per heavy atom. The molecule has 2 rings (SSSR count). The maximum Gasteiger partial charge on any atom is 0.416 e. The molecule has 100 valence electrons. The fourth-order valence-corrected chi connectivity index (χ4v) is 2.12. The van der Waals surface area contributed by atoms with Crippen LogP contribution in [-0.2, 0) is 6.18 Å². The lowest BCUT2D eigenvalue weighted by Gasteiger charge is -2.24. The molecule has 0 radical (unpaired) electrons. The molecule has 1 atom stereocenters. The van der Waals surface area contributed by atoms with Gasteiger partial charge in [-0.2, -0.15) is 13.2 Å². The molecule has 1 heterocycles. The minimum Gasteiger partial charge on any atom is -0.383 e. The third-order valence-corrected chi connectivity index (χ3v) is 3.18. The van der Waals surface area contributed by atoms with Crippen molar-refractivity contribution >= 4 is 5.69 Å². The fourth-order valence-electron chi connectivity index (χ4n) is 2.12. The smallest absolute Gasteiger partial charge is 0.383 e. The lowest BCUT2D eigenvalue weighted by Crippen LogP contribution is -2.39. The monoisotopic (exact) mass is 258 g/mol. The van der Waals surface area contributed by atoms with Crippen LogP contribution in [0.2, 0.25) is 0 Å². The summed E-state index contributed by atoms with van der Waals surface area (Å²) in [6, 6.07) is 5.59. The van der Waals surface area contributed by atoms with Gasteiger partial charge in [-0.1, -0.05) is 6.42 Å². The first-order chi connectivity index (χ1) is 8.55. The molecule has 1 aliphatic heterocycles. The minimum absolute atomic E-state index is 0.418. The van der Waals surface area contributed by atoms with Crippen LogP contribution >= 0.6 is 0 Å². The molecule has 0 amide bonds. The van der Waals surface area contributed by atoms with E-state index in [9.17, 15) is 13.2 Å². The molecule has 1 aromatic carbocycles. The summed E-state index contributed by atoms with van der Waals surface area (Å²) >= 11 is 0. The van der Waals surface area contributed by atoms with E-state index in [1.165, 1.54) is 25.0 Å². The van der Waals surface area contributed by atoms with Crippen LogP contribution in [0.1, 0.15) is 24.8 Å². The lowest BCUT2D eigenvalue weighted by molar-refractivity contribution is -0.137. The Balaban J connectivity index is 1.86. The third-order valence-electron chi connectivity index (χ3n) is 3.18. The number of hydrogen-bond donors (Lipinski definition) is 2. The third kappa shape index (κ3) is 3.63. The van der Waals surface area contributed by atoms with Crippen molar-refractivity contribution < 1.29 is 13.2 Å². The molecule has 1 aromatic rings. The van der Waals surface area contributed by atoms with E-state index >= 15 is 0 Å². The second-order valence-electron chi connectivity index (χ2n) is 4.60. The molecule has 1 aliphatic rings. The van der Waals surface area contributed by atoms with Crippen LogP contribution in [0.5, 0.6) is 0 Å². The predicted octanol–water partition coefficient (Wildman–Crippen LogP) is 3.26. The summed E-state index contributed by atoms with van der Waals surface area (Å²) in [6.45, 7) is 1.78. The van der Waals surface area contributed by atoms with Gasteiger partial charge in [0.05, 0.1) is 5.56 Å². The molecule has 1 fully saturated rings. The summed E-state index contributed by atoms with van der Waals surface area (Å²) in [7, 11) is 0. The Bertz CT molecular complexity index is 367. The Morgan fingerprint density at radius 1 is 1.17 bits per heavy atom. The Hall–Kier alpha value is -1.23. The van der Waals surface area contributed by atoms with Crippen LogP contribution in [-0.4, -0.2) is 19.1 Å². The summed E-state index contributed by atoms with van der Waals surface area (Å²) in [5.74, 6) is 0. The van der Waals surface area contributed by atoms with Crippen molar-refractivity contribution in [2.24, 2.45) is 0 Å². The summed E-state index contributed by atoms with van der Waals surface area (Å²) in [5.41, 5.74) is 0.124. The second-order valence-corrected chi connectivity index (χ2v) is 4.60. The summed E-state index contributed by atoms with van der Waals surface area (Å²) in [6.07, 6.45) is -0.722. The second kappa shape index (κ2) is 5.61. The van der Waals surface area contributed by atoms with Gasteiger partial charge < -0.3 is 10.6 Å². The summed E-state index contributed by atoms with van der Waals surface area (Å²) in [4.78, 5) is 0. The number of halogens is 3. The van der Waals surface area contributed by atoms with Gasteiger partial charge in [0, 0.05) is 18.3 Å². The van der Waals surface area contributed by atoms with Gasteiger partial charge >= 0.3 is 6.18 Å². The predicted molar refractivity (Wildman–Crippen MR) is 65.6 cm³/mol. The number of piperidine rings is 1. The zero-order valence-electron chi connectivity index (χ0n) is 10.1. The van der Waals surface area contributed by atoms with Gasteiger partial charge in [-0.15, -0.1) is 0 Å². The quantitative estimate of drug-likeness (QED) is 0.869. The maximum atomic E-state index is 12.4. The molecule has 1 saturated heterocycles. The number of hydrogen-bond acceptors (Lipinski definition) is 2. The van der Waals surface area contributed by atoms with Crippen molar-refractivity contribution in [1.29, 1.82) is 0 Å². The molecule has 2 N–H and O–H groups in total. The van der Waals surface area contributed by atoms with E-state index < -0.39 is 11.7 Å². The first-order valence-corrected chi connectivity index (χ1v) is 6.20. The Labute approximate surface area is 105 Å². The standard InChI is InChI=1S/C13H17F3N2/c14-13(15,16)10-4-6-11(7-5-10)18-9-12-3-1-2-8-17-12/h4-7,12,17-18H,1-3,8-9H2. The number of benzene rings is 1. The highest BCUT2D eigenvalue weighted by molar-refractivity contribution is 5.45. The number of alkyl halides is 3. The molecule has 0 saturated carbocycles. The maximum absolute atomic E-state index is 12.4. The van der Waals surface area contributed by atoms with Crippen LogP contribution in [0.15, 0.2) is 24.3 Å². The summed E-state index contributed by atoms with van der Waals surface area (Å²) in [5, 5.41) is 6.55. The molecule has 18 heavy (non-hydrogen) atoms. The van der Waals surface area contributed by atoms with Gasteiger partial charge in [0.1, 0.15) is 0 Å². The lowest BCUT2D eigenvalue weighted by atomic mass is 10.1. The molecule has 0 spiro atoms. The molecule has 1 unspecified atom stereocenters. The number of anilines is 1. The first kappa shape index (κ1) is 13.2. The van der Waals surface area contributed by atoms with Gasteiger partial charge in [-0.25, -0.2) is 0 Å². The SMILES string of the molecule is FC(F)(F)c1ccc(NCC2CCCCN2)cc1. The van der Waals surface area contributed by atoms with E-state index in [-0.39, 0.29) is 0 Å². The van der Waals surface area contributed by atoms with Gasteiger partial charge in [0.2, 0.25) is 0 Å². The fraction of sp³-hybridized carbons (Fsp3) is 0.538. The first-order valence-electron chi connectivity index (χ1n) is 6.20. The zero-order valence-corrected chi connectivity index (χ0v) is 10.1. The van der Waals surface area contributed by atoms with E-state index in [1.807, 2.05) is 0 Å². The molecular formula is C13H17F3N2. The van der Waals surface area contributed by atoms with E-state index in [2.05, 4.69) is 10.6 Å². The molecular weight excluding hydrogens is 241 g/mol. The van der Waals surface area contributed by atoms with Crippen molar-refractivity contribution in [2.75, 3.05) is 18.4 Å². The van der Waals surface area contributed by atoms with Crippen LogP contribution < -0.4 is 10.6 Å². The van der Waals surface area contributed by atoms with Crippen LogP contribution in [0.4, 0.5) is 18.9 Å². The zero-order chi connectivity index (χ0) is 13.0. The van der Waals surface area contributed by atoms with Crippen molar-refractivity contribution in [3.63, 3.8) is 0 Å². The van der Waals surface area contributed by atoms with Gasteiger partial charge in [-0.3, -0.25) is 0 Å². The number of rotatable bonds is 3. The van der Waals surface area contributed by atoms with E-state index in [4.69, 9.17) is 0 Å². The molecule has 0 bridgehead atoms. The van der Waals surface area contributed by atoms with Gasteiger partial charge in [-0.05, 0) is 43.7 Å². The summed E-state index contributed by atoms with van der Waals surface area (Å²) < 4.78 is 37.1. The average molecular weight is 258 g/mol. The number of nitrogens with one attached hydrogen (secondary N) is 2. The van der Waals surface area contributed by atoms with Crippen molar-refractivity contribution in [1.82, 2.24) is 5.32 Å². The largest absolute Gasteiger partial charge is 0.416 e. The van der Waals surface area contributed by atoms with Gasteiger partial charge in [0.25, 0.3) is 0 Å². The molecule has 2 nitrogen and oxygen atoms in total. The van der Waals surface area contributed by atoms with E-state index in [1.54, 1.807) is 0 Å². The highest BCUT2D eigenvalue weighted by Crippen LogP contribution is 2.29. The van der Waals surface area contributed by atoms with E-state index in [0.29, 0.717) is 6.04 Å². The topological polar surface area (TPSA) is 24.1 Å². The van der Waals surface area contributed by atoms with Crippen LogP contribution in [0.25, 0.3) is 0 Å². The van der Waals surface area contributed by atoms with Gasteiger partial charge in [0.15, 0.2) is 0 Å². The average Bonchev–Trinajstić information content (AvgIpc) is 2.37. The van der Waals surface area contributed by atoms with Crippen LogP contribution in [0, 0.1) is 0 Å². The van der Waals surface area contributed by atoms with Crippen LogP contribution in [0.3, 0.4) is 0 Å². The highest BCUT2D eigenvalue weighted by atomic mass is 19.4. The highest BCUT2D eigenvalue weighted by Gasteiger charge is 2.29. The molecule has 0 aromatic heterocycles. The van der Waals surface area contributed by atoms with Crippen molar-refractivity contribution in [3.05, 3.63) is 29.8 Å². The Kier molecular flexibility index (Phi) is 4.11. The van der Waals surface area contributed by atoms with Crippen molar-refractivity contribution in [3.8, 4) is 0 Å². The minimum atomic E-state index is -4.26. The van der Waals surface area contributed by atoms with Crippen molar-refractivity contribution in [2.45, 2.75) is 31.5 Å². The Morgan fingerprint density at radius 2 is 1.89 bits per heavy atom. The molecule has 0 aliphatic carbocycles.